The normalized spacial score (nSPS) is 21.9. The van der Waals surface area contributed by atoms with Gasteiger partial charge < -0.3 is 16.8 Å². The second-order valence-corrected chi connectivity index (χ2v) is 7.35. The van der Waals surface area contributed by atoms with Crippen molar-refractivity contribution in [2.45, 2.75) is 79.8 Å². The zero-order valence-corrected chi connectivity index (χ0v) is 21.6. The summed E-state index contributed by atoms with van der Waals surface area (Å²) in [6.45, 7) is 12.9. The third kappa shape index (κ3) is 8.25. The molecule has 0 radical (unpaired) electrons. The average molecular weight is 389 g/mol. The van der Waals surface area contributed by atoms with Crippen molar-refractivity contribution in [3.8, 4) is 0 Å². The Morgan fingerprint density at radius 2 is 1.81 bits per heavy atom. The fraction of sp³-hybridized carbons (Fsp3) is 0.762. The largest absolute Gasteiger partial charge is 1.00 e. The maximum Gasteiger partial charge on any atom is 1.00 e. The van der Waals surface area contributed by atoms with Crippen LogP contribution in [0.3, 0.4) is 0 Å². The summed E-state index contributed by atoms with van der Waals surface area (Å²) in [7, 11) is 1.25. The smallest absolute Gasteiger partial charge is 0.680 e. The molecular formula is C21H41KN4. The molecule has 146 valence electrons. The van der Waals surface area contributed by atoms with Gasteiger partial charge in [0, 0.05) is 6.20 Å². The van der Waals surface area contributed by atoms with Crippen LogP contribution in [0.1, 0.15) is 73.6 Å². The van der Waals surface area contributed by atoms with Gasteiger partial charge in [0.05, 0.1) is 6.17 Å². The Kier molecular flexibility index (Phi) is 16.0. The van der Waals surface area contributed by atoms with E-state index in [1.165, 1.54) is 39.2 Å². The van der Waals surface area contributed by atoms with Crippen LogP contribution in [0.4, 0.5) is 5.82 Å². The van der Waals surface area contributed by atoms with Crippen molar-refractivity contribution in [1.82, 2.24) is 4.98 Å². The van der Waals surface area contributed by atoms with E-state index in [0.717, 1.165) is 16.6 Å². The number of hydrogen-bond acceptors (Lipinski definition) is 3. The Balaban J connectivity index is 0. The standard InChI is InChI=1S/C9H15N3.C9H16.C2H6.CH4N.K/c1-7(2)9(10)12-8-5-3-4-6-11-8;1-3-8(2)7-9(8)5-4-6-9;2*1-2;/h3-7,9H,10H2,1-2H3,(H,11,12);3-7H2,1-2H3;1-2H3;2H,1H3;/q;;;-1;+1. The van der Waals surface area contributed by atoms with Crippen molar-refractivity contribution in [2.24, 2.45) is 22.5 Å². The minimum atomic E-state index is -0.0279. The van der Waals surface area contributed by atoms with E-state index in [2.05, 4.69) is 38.0 Å². The molecule has 2 unspecified atom stereocenters. The van der Waals surface area contributed by atoms with E-state index < -0.39 is 0 Å². The number of nitrogens with two attached hydrogens (primary N) is 1. The van der Waals surface area contributed by atoms with E-state index in [-0.39, 0.29) is 57.6 Å². The summed E-state index contributed by atoms with van der Waals surface area (Å²) < 4.78 is 0. The molecule has 0 amide bonds. The zero-order valence-electron chi connectivity index (χ0n) is 18.5. The van der Waals surface area contributed by atoms with Gasteiger partial charge in [-0.2, -0.15) is 7.05 Å². The minimum Gasteiger partial charge on any atom is -0.680 e. The summed E-state index contributed by atoms with van der Waals surface area (Å²) in [4.78, 5) is 4.11. The monoisotopic (exact) mass is 388 g/mol. The quantitative estimate of drug-likeness (QED) is 0.615. The molecule has 2 aliphatic carbocycles. The predicted molar refractivity (Wildman–Crippen MR) is 112 cm³/mol. The van der Waals surface area contributed by atoms with Crippen LogP contribution in [-0.4, -0.2) is 18.2 Å². The van der Waals surface area contributed by atoms with Gasteiger partial charge >= 0.3 is 51.4 Å². The maximum atomic E-state index is 5.80. The second kappa shape index (κ2) is 14.5. The Morgan fingerprint density at radius 3 is 2.08 bits per heavy atom. The molecule has 0 aromatic carbocycles. The third-order valence-corrected chi connectivity index (χ3v) is 5.67. The van der Waals surface area contributed by atoms with Gasteiger partial charge in [-0.3, -0.25) is 0 Å². The van der Waals surface area contributed by atoms with Crippen molar-refractivity contribution in [3.63, 3.8) is 0 Å². The molecule has 0 saturated heterocycles. The summed E-state index contributed by atoms with van der Waals surface area (Å²) >= 11 is 0. The molecule has 4 nitrogen and oxygen atoms in total. The second-order valence-electron chi connectivity index (χ2n) is 7.35. The molecule has 1 aromatic heterocycles. The van der Waals surface area contributed by atoms with Gasteiger partial charge in [-0.05, 0) is 48.1 Å². The first-order chi connectivity index (χ1) is 11.9. The van der Waals surface area contributed by atoms with E-state index in [9.17, 15) is 0 Å². The zero-order chi connectivity index (χ0) is 19.5. The first-order valence-corrected chi connectivity index (χ1v) is 9.86. The van der Waals surface area contributed by atoms with Crippen molar-refractivity contribution >= 4 is 5.82 Å². The number of rotatable bonds is 4. The molecule has 2 fully saturated rings. The topological polar surface area (TPSA) is 74.7 Å². The van der Waals surface area contributed by atoms with Gasteiger partial charge in [-0.15, -0.1) is 0 Å². The molecule has 0 aliphatic heterocycles. The van der Waals surface area contributed by atoms with E-state index >= 15 is 0 Å². The van der Waals surface area contributed by atoms with Gasteiger partial charge in [-0.1, -0.05) is 60.5 Å². The summed E-state index contributed by atoms with van der Waals surface area (Å²) in [5.74, 6) is 1.24. The van der Waals surface area contributed by atoms with E-state index in [1.54, 1.807) is 6.20 Å². The maximum absolute atomic E-state index is 5.80. The van der Waals surface area contributed by atoms with Gasteiger partial charge in [0.25, 0.3) is 0 Å². The summed E-state index contributed by atoms with van der Waals surface area (Å²) in [6, 6.07) is 5.72. The Labute approximate surface area is 205 Å². The molecule has 0 bridgehead atoms. The number of nitrogens with zero attached hydrogens (tertiary/aromatic N) is 1. The van der Waals surface area contributed by atoms with E-state index in [0.29, 0.717) is 5.92 Å². The van der Waals surface area contributed by atoms with Crippen molar-refractivity contribution < 1.29 is 51.4 Å². The first kappa shape index (κ1) is 28.7. The number of anilines is 1. The molecule has 1 heterocycles. The van der Waals surface area contributed by atoms with Crippen LogP contribution in [0.15, 0.2) is 24.4 Å². The third-order valence-electron chi connectivity index (χ3n) is 5.67. The van der Waals surface area contributed by atoms with Crippen LogP contribution < -0.4 is 62.4 Å². The molecule has 26 heavy (non-hydrogen) atoms. The summed E-state index contributed by atoms with van der Waals surface area (Å²) in [6.07, 6.45) is 9.25. The number of pyridine rings is 1. The van der Waals surface area contributed by atoms with Gasteiger partial charge in [0.15, 0.2) is 0 Å². The summed E-state index contributed by atoms with van der Waals surface area (Å²) in [5, 5.41) is 3.11. The molecule has 2 saturated carbocycles. The van der Waals surface area contributed by atoms with Crippen molar-refractivity contribution in [2.75, 3.05) is 12.4 Å². The molecule has 1 spiro atoms. The molecule has 5 heteroatoms. The van der Waals surface area contributed by atoms with Crippen molar-refractivity contribution in [1.29, 1.82) is 0 Å². The molecular weight excluding hydrogens is 347 g/mol. The molecule has 1 aromatic rings. The fourth-order valence-corrected chi connectivity index (χ4v) is 3.37. The number of nitrogens with one attached hydrogen (secondary N) is 2. The number of aromatic nitrogens is 1. The van der Waals surface area contributed by atoms with Crippen LogP contribution >= 0.6 is 0 Å². The fourth-order valence-electron chi connectivity index (χ4n) is 3.37. The number of hydrogen-bond donors (Lipinski definition) is 2. The van der Waals surface area contributed by atoms with Gasteiger partial charge in [0.2, 0.25) is 0 Å². The van der Waals surface area contributed by atoms with Crippen LogP contribution in [0.2, 0.25) is 0 Å². The van der Waals surface area contributed by atoms with Crippen LogP contribution in [0.5, 0.6) is 0 Å². The van der Waals surface area contributed by atoms with Crippen LogP contribution in [0.25, 0.3) is 5.73 Å². The average Bonchev–Trinajstić information content (AvgIpc) is 3.28. The Bertz CT molecular complexity index is 441. The van der Waals surface area contributed by atoms with Crippen LogP contribution in [-0.2, 0) is 0 Å². The van der Waals surface area contributed by atoms with Crippen LogP contribution in [0, 0.1) is 16.7 Å². The van der Waals surface area contributed by atoms with Crippen molar-refractivity contribution in [3.05, 3.63) is 30.1 Å². The minimum absolute atomic E-state index is 0. The van der Waals surface area contributed by atoms with E-state index in [4.69, 9.17) is 11.5 Å². The molecule has 4 N–H and O–H groups in total. The SMILES string of the molecule is CC.CC(C)C(N)Nc1ccccn1.CCC1(C)CC12CCC2.C[NH-].[K+]. The molecule has 2 aliphatic rings. The predicted octanol–water partition coefficient (Wildman–Crippen LogP) is 3.11. The first-order valence-electron chi connectivity index (χ1n) is 9.86. The molecule has 3 rings (SSSR count). The summed E-state index contributed by atoms with van der Waals surface area (Å²) in [5.41, 5.74) is 13.2. The van der Waals surface area contributed by atoms with Gasteiger partial charge in [-0.25, -0.2) is 4.98 Å². The van der Waals surface area contributed by atoms with E-state index in [1.807, 2.05) is 32.0 Å². The van der Waals surface area contributed by atoms with Gasteiger partial charge in [0.1, 0.15) is 5.82 Å². The Hall–Kier alpha value is 0.506. The molecule has 2 atom stereocenters. The Morgan fingerprint density at radius 1 is 1.23 bits per heavy atom.